The van der Waals surface area contributed by atoms with Gasteiger partial charge in [-0.3, -0.25) is 0 Å². The van der Waals surface area contributed by atoms with E-state index >= 15 is 0 Å². The van der Waals surface area contributed by atoms with Gasteiger partial charge in [0, 0.05) is 21.7 Å². The fraction of sp³-hybridized carbons (Fsp3) is 0.800. The molecule has 0 unspecified atom stereocenters. The van der Waals surface area contributed by atoms with Crippen LogP contribution in [0, 0.1) is 6.42 Å². The maximum absolute atomic E-state index is 2.36. The van der Waals surface area contributed by atoms with Crippen LogP contribution in [0.1, 0.15) is 25.7 Å². The van der Waals surface area contributed by atoms with Crippen molar-refractivity contribution in [1.82, 2.24) is 0 Å². The Morgan fingerprint density at radius 1 is 1.00 bits per heavy atom. The molecule has 34 valence electrons. The van der Waals surface area contributed by atoms with Crippen molar-refractivity contribution in [3.05, 3.63) is 6.42 Å². The molecule has 1 fully saturated rings. The minimum absolute atomic E-state index is 0. The van der Waals surface area contributed by atoms with Crippen molar-refractivity contribution in [2.75, 3.05) is 0 Å². The average Bonchev–Trinajstić information content (AvgIpc) is 1.76. The molecule has 0 heterocycles. The van der Waals surface area contributed by atoms with Crippen LogP contribution in [0.25, 0.3) is 0 Å². The summed E-state index contributed by atoms with van der Waals surface area (Å²) in [4.78, 5) is 0. The Balaban J connectivity index is 0.000000250. The summed E-state index contributed by atoms with van der Waals surface area (Å²) < 4.78 is 0. The Labute approximate surface area is 54.2 Å². The molecular weight excluding hydrogens is 108 g/mol. The number of hydrogen-bond donors (Lipinski definition) is 0. The molecule has 0 radical (unpaired) electrons. The predicted octanol–water partition coefficient (Wildman–Crippen LogP) is 1.76. The molecule has 0 saturated heterocycles. The fourth-order valence-corrected chi connectivity index (χ4v) is 0.722. The van der Waals surface area contributed by atoms with Crippen LogP contribution in [0.3, 0.4) is 0 Å². The van der Waals surface area contributed by atoms with E-state index in [1.165, 1.54) is 25.7 Å². The van der Waals surface area contributed by atoms with Crippen LogP contribution in [0.4, 0.5) is 0 Å². The van der Waals surface area contributed by atoms with Crippen molar-refractivity contribution in [2.24, 2.45) is 0 Å². The van der Waals surface area contributed by atoms with E-state index in [4.69, 9.17) is 0 Å². The van der Waals surface area contributed by atoms with Crippen LogP contribution in [0.15, 0.2) is 0 Å². The monoisotopic (exact) mass is 117 g/mol. The third kappa shape index (κ3) is 1.99. The molecule has 0 nitrogen and oxygen atoms in total. The number of rotatable bonds is 0. The van der Waals surface area contributed by atoms with Gasteiger partial charge in [-0.25, -0.2) is 0 Å². The Kier molecular flexibility index (Phi) is 4.35. The summed E-state index contributed by atoms with van der Waals surface area (Å²) in [7, 11) is 0. The average molecular weight is 117 g/mol. The van der Waals surface area contributed by atoms with Gasteiger partial charge < -0.3 is 6.42 Å². The summed E-state index contributed by atoms with van der Waals surface area (Å²) in [6.07, 6.45) is 8.00. The summed E-state index contributed by atoms with van der Waals surface area (Å²) in [6.45, 7) is 0. The zero-order chi connectivity index (χ0) is 3.54. The Bertz CT molecular complexity index is 15.5. The Morgan fingerprint density at radius 2 is 1.50 bits per heavy atom. The van der Waals surface area contributed by atoms with E-state index in [-0.39, 0.29) is 21.7 Å². The van der Waals surface area contributed by atoms with Crippen LogP contribution in [0.5, 0.6) is 0 Å². The zero-order valence-corrected chi connectivity index (χ0v) is 5.47. The maximum atomic E-state index is 2.36. The third-order valence-electron chi connectivity index (χ3n) is 1.07. The van der Waals surface area contributed by atoms with E-state index in [0.29, 0.717) is 0 Å². The third-order valence-corrected chi connectivity index (χ3v) is 1.07. The van der Waals surface area contributed by atoms with Gasteiger partial charge in [0.1, 0.15) is 0 Å². The molecule has 1 heteroatoms. The normalized spacial score (nSPS) is 20.0. The molecule has 1 aliphatic carbocycles. The van der Waals surface area contributed by atoms with Crippen molar-refractivity contribution < 1.29 is 21.7 Å². The van der Waals surface area contributed by atoms with Gasteiger partial charge in [0.2, 0.25) is 0 Å². The molecule has 0 bridgehead atoms. The number of hydrogen-bond acceptors (Lipinski definition) is 0. The predicted molar refractivity (Wildman–Crippen MR) is 22.8 cm³/mol. The van der Waals surface area contributed by atoms with E-state index in [0.717, 1.165) is 0 Å². The molecule has 1 saturated carbocycles. The summed E-state index contributed by atoms with van der Waals surface area (Å²) >= 11 is 0. The standard InChI is InChI=1S/C5H9.Ti/c1-2-4-5-3-1;/h1H,2-5H2;/q-1;. The van der Waals surface area contributed by atoms with Crippen molar-refractivity contribution >= 4 is 0 Å². The fourth-order valence-electron chi connectivity index (χ4n) is 0.722. The van der Waals surface area contributed by atoms with E-state index in [1.807, 2.05) is 0 Å². The van der Waals surface area contributed by atoms with Crippen molar-refractivity contribution in [1.29, 1.82) is 0 Å². The van der Waals surface area contributed by atoms with E-state index < -0.39 is 0 Å². The van der Waals surface area contributed by atoms with Gasteiger partial charge in [-0.1, -0.05) is 12.8 Å². The van der Waals surface area contributed by atoms with Crippen molar-refractivity contribution in [3.8, 4) is 0 Å². The minimum Gasteiger partial charge on any atom is -0.328 e. The first-order chi connectivity index (χ1) is 2.50. The zero-order valence-electron chi connectivity index (χ0n) is 3.91. The van der Waals surface area contributed by atoms with Gasteiger partial charge in [-0.15, -0.1) is 0 Å². The second-order valence-corrected chi connectivity index (χ2v) is 1.57. The van der Waals surface area contributed by atoms with Gasteiger partial charge in [-0.2, -0.15) is 12.8 Å². The molecule has 0 aromatic heterocycles. The molecular formula is C5H9Ti-. The Morgan fingerprint density at radius 3 is 1.67 bits per heavy atom. The van der Waals surface area contributed by atoms with Gasteiger partial charge >= 0.3 is 0 Å². The van der Waals surface area contributed by atoms with Crippen molar-refractivity contribution in [2.45, 2.75) is 25.7 Å². The molecule has 0 aromatic rings. The smallest absolute Gasteiger partial charge is 0 e. The van der Waals surface area contributed by atoms with Crippen LogP contribution in [0.2, 0.25) is 0 Å². The van der Waals surface area contributed by atoms with E-state index in [9.17, 15) is 0 Å². The second kappa shape index (κ2) is 3.89. The van der Waals surface area contributed by atoms with Gasteiger partial charge in [0.05, 0.1) is 0 Å². The Hall–Kier alpha value is 0.714. The summed E-state index contributed by atoms with van der Waals surface area (Å²) in [5, 5.41) is 0. The summed E-state index contributed by atoms with van der Waals surface area (Å²) in [6, 6.07) is 0. The van der Waals surface area contributed by atoms with E-state index in [1.54, 1.807) is 0 Å². The van der Waals surface area contributed by atoms with Crippen LogP contribution < -0.4 is 0 Å². The molecule has 1 aliphatic rings. The molecule has 0 N–H and O–H groups in total. The second-order valence-electron chi connectivity index (χ2n) is 1.57. The molecule has 0 aromatic carbocycles. The summed E-state index contributed by atoms with van der Waals surface area (Å²) in [5.74, 6) is 0. The first kappa shape index (κ1) is 6.71. The molecule has 0 spiro atoms. The van der Waals surface area contributed by atoms with Gasteiger partial charge in [0.25, 0.3) is 0 Å². The van der Waals surface area contributed by atoms with Gasteiger partial charge in [-0.05, 0) is 0 Å². The SMILES string of the molecule is [CH-]1CCCC1.[Ti]. The topological polar surface area (TPSA) is 0 Å². The molecule has 0 amide bonds. The maximum Gasteiger partial charge on any atom is 0 e. The quantitative estimate of drug-likeness (QED) is 0.335. The first-order valence-corrected chi connectivity index (χ1v) is 2.32. The van der Waals surface area contributed by atoms with Gasteiger partial charge in [0.15, 0.2) is 0 Å². The van der Waals surface area contributed by atoms with Crippen LogP contribution in [-0.2, 0) is 21.7 Å². The van der Waals surface area contributed by atoms with Crippen molar-refractivity contribution in [3.63, 3.8) is 0 Å². The van der Waals surface area contributed by atoms with Crippen LogP contribution >= 0.6 is 0 Å². The molecule has 0 aliphatic heterocycles. The molecule has 1 rings (SSSR count). The first-order valence-electron chi connectivity index (χ1n) is 2.32. The minimum atomic E-state index is 0. The molecule has 0 atom stereocenters. The largest absolute Gasteiger partial charge is 0.328 e. The van der Waals surface area contributed by atoms with E-state index in [2.05, 4.69) is 6.42 Å². The summed E-state index contributed by atoms with van der Waals surface area (Å²) in [5.41, 5.74) is 0. The van der Waals surface area contributed by atoms with Crippen LogP contribution in [-0.4, -0.2) is 0 Å². The molecule has 6 heavy (non-hydrogen) atoms.